The summed E-state index contributed by atoms with van der Waals surface area (Å²) < 4.78 is 22.8. The molecule has 328 valence electrons. The average molecular weight is 905 g/mol. The van der Waals surface area contributed by atoms with E-state index in [2.05, 4.69) is 12.2 Å². The fourth-order valence-electron chi connectivity index (χ4n) is 11.1. The van der Waals surface area contributed by atoms with E-state index in [-0.39, 0.29) is 36.6 Å². The Morgan fingerprint density at radius 3 is 1.32 bits per heavy atom. The summed E-state index contributed by atoms with van der Waals surface area (Å²) in [5.41, 5.74) is 2.51. The maximum Gasteiger partial charge on any atom is 0.317 e. The van der Waals surface area contributed by atoms with Crippen molar-refractivity contribution in [3.63, 3.8) is 0 Å². The van der Waals surface area contributed by atoms with Crippen molar-refractivity contribution in [3.05, 3.63) is 23.3 Å². The smallest absolute Gasteiger partial charge is 0.317 e. The summed E-state index contributed by atoms with van der Waals surface area (Å²) in [4.78, 5) is 85.8. The van der Waals surface area contributed by atoms with Gasteiger partial charge in [-0.15, -0.1) is 46.4 Å². The molecule has 0 amide bonds. The number of hydrogen-bond acceptors (Lipinski definition) is 12. The van der Waals surface area contributed by atoms with Gasteiger partial charge in [-0.25, -0.2) is 0 Å². The Hall–Kier alpha value is -2.22. The molecule has 0 aromatic rings. The lowest BCUT2D eigenvalue weighted by molar-refractivity contribution is -0.208. The van der Waals surface area contributed by atoms with Crippen molar-refractivity contribution in [1.29, 1.82) is 0 Å². The fraction of sp³-hybridized carbons (Fsp3) is 0.767. The molecule has 0 spiro atoms. The lowest BCUT2D eigenvalue weighted by atomic mass is 9.57. The van der Waals surface area contributed by atoms with E-state index in [0.29, 0.717) is 88.5 Å². The zero-order valence-corrected chi connectivity index (χ0v) is 37.0. The van der Waals surface area contributed by atoms with Crippen molar-refractivity contribution in [3.8, 4) is 0 Å². The Bertz CT molecular complexity index is 1510. The second-order valence-electron chi connectivity index (χ2n) is 16.8. The molecule has 4 bridgehead atoms. The van der Waals surface area contributed by atoms with Crippen LogP contribution in [0.2, 0.25) is 0 Å². The van der Waals surface area contributed by atoms with E-state index in [1.807, 2.05) is 9.80 Å². The van der Waals surface area contributed by atoms with Crippen LogP contribution in [0.4, 0.5) is 0 Å². The minimum Gasteiger partial charge on any atom is -0.466 e. The SMILES string of the molecule is CCOC(=O)[C@@H]1[C@H]2OC(=O)[C@@H](C(=O)[C@H]2CN(CCCl)CCCl)[C@H]1[C@H]1CC=C(CC2=CC[C@@H]([C@H]3[C@H]4C(=O)O[C@H]([C@H]3C(=O)OCC)[C@@H](CN(CCCl)CCCl)C4=O)CC2)CC1. The van der Waals surface area contributed by atoms with Crippen LogP contribution in [0, 0.1) is 59.2 Å². The first kappa shape index (κ1) is 46.3. The molecule has 59 heavy (non-hydrogen) atoms. The molecule has 8 aliphatic rings. The Morgan fingerprint density at radius 1 is 0.644 bits per heavy atom. The topological polar surface area (TPSA) is 146 Å². The van der Waals surface area contributed by atoms with E-state index < -0.39 is 83.4 Å². The van der Waals surface area contributed by atoms with Gasteiger partial charge in [0.1, 0.15) is 24.0 Å². The number of esters is 4. The zero-order valence-electron chi connectivity index (χ0n) is 34.0. The molecule has 0 radical (unpaired) electrons. The normalized spacial score (nSPS) is 34.1. The largest absolute Gasteiger partial charge is 0.466 e. The molecule has 16 heteroatoms. The maximum atomic E-state index is 14.0. The van der Waals surface area contributed by atoms with E-state index in [0.717, 1.165) is 19.3 Å². The van der Waals surface area contributed by atoms with Gasteiger partial charge in [-0.3, -0.25) is 28.8 Å². The summed E-state index contributed by atoms with van der Waals surface area (Å²) in [6.07, 6.45) is 7.52. The molecule has 12 nitrogen and oxygen atoms in total. The van der Waals surface area contributed by atoms with Crippen molar-refractivity contribution >= 4 is 81.8 Å². The van der Waals surface area contributed by atoms with Crippen molar-refractivity contribution in [1.82, 2.24) is 9.80 Å². The van der Waals surface area contributed by atoms with Crippen LogP contribution >= 0.6 is 46.4 Å². The lowest BCUT2D eigenvalue weighted by Gasteiger charge is -2.52. The molecule has 6 fully saturated rings. The molecule has 4 heterocycles. The van der Waals surface area contributed by atoms with Gasteiger partial charge in [0.2, 0.25) is 0 Å². The highest BCUT2D eigenvalue weighted by molar-refractivity contribution is 6.19. The Morgan fingerprint density at radius 2 is 1.02 bits per heavy atom. The predicted octanol–water partition coefficient (Wildman–Crippen LogP) is 5.46. The minimum atomic E-state index is -1.03. The maximum absolute atomic E-state index is 14.0. The first-order chi connectivity index (χ1) is 28.5. The van der Waals surface area contributed by atoms with Crippen LogP contribution in [0.25, 0.3) is 0 Å². The molecule has 4 aliphatic carbocycles. The summed E-state index contributed by atoms with van der Waals surface area (Å²) in [5.74, 6) is -6.99. The Labute approximate surface area is 367 Å². The van der Waals surface area contributed by atoms with E-state index >= 15 is 0 Å². The van der Waals surface area contributed by atoms with E-state index in [9.17, 15) is 28.8 Å². The minimum absolute atomic E-state index is 0.0792. The van der Waals surface area contributed by atoms with Crippen LogP contribution in [-0.2, 0) is 47.7 Å². The molecular formula is C43H58Cl4N2O10. The van der Waals surface area contributed by atoms with Gasteiger partial charge in [0.05, 0.1) is 36.9 Å². The molecule has 0 unspecified atom stereocenters. The molecule has 2 saturated carbocycles. The first-order valence-corrected chi connectivity index (χ1v) is 23.5. The number of ether oxygens (including phenoxy) is 4. The van der Waals surface area contributed by atoms with E-state index in [1.54, 1.807) is 13.8 Å². The zero-order chi connectivity index (χ0) is 42.4. The van der Waals surface area contributed by atoms with Gasteiger partial charge >= 0.3 is 23.9 Å². The van der Waals surface area contributed by atoms with Crippen LogP contribution in [0.15, 0.2) is 23.3 Å². The average Bonchev–Trinajstić information content (AvgIpc) is 3.21. The van der Waals surface area contributed by atoms with E-state index in [1.165, 1.54) is 11.1 Å². The fourth-order valence-corrected chi connectivity index (χ4v) is 12.1. The Kier molecular flexibility index (Phi) is 16.7. The summed E-state index contributed by atoms with van der Waals surface area (Å²) in [7, 11) is 0. The number of ketones is 2. The van der Waals surface area contributed by atoms with Crippen LogP contribution in [0.3, 0.4) is 0 Å². The molecule has 4 saturated heterocycles. The quantitative estimate of drug-likeness (QED) is 0.0503. The third kappa shape index (κ3) is 9.88. The van der Waals surface area contributed by atoms with Gasteiger partial charge in [-0.05, 0) is 82.5 Å². The van der Waals surface area contributed by atoms with Crippen molar-refractivity contribution in [2.75, 3.05) is 76.0 Å². The van der Waals surface area contributed by atoms with Crippen LogP contribution < -0.4 is 0 Å². The molecule has 8 rings (SSSR count). The summed E-state index contributed by atoms with van der Waals surface area (Å²) in [5, 5.41) is 0. The number of allylic oxidation sites excluding steroid dienone is 4. The molecule has 4 aliphatic heterocycles. The second kappa shape index (κ2) is 21.2. The number of alkyl halides is 4. The lowest BCUT2D eigenvalue weighted by Crippen LogP contribution is -2.65. The number of hydrogen-bond donors (Lipinski definition) is 0. The highest BCUT2D eigenvalue weighted by Crippen LogP contribution is 2.53. The Balaban J connectivity index is 1.14. The summed E-state index contributed by atoms with van der Waals surface area (Å²) >= 11 is 24.1. The number of halogens is 4. The summed E-state index contributed by atoms with van der Waals surface area (Å²) in [6.45, 7) is 6.49. The first-order valence-electron chi connectivity index (χ1n) is 21.4. The second-order valence-corrected chi connectivity index (χ2v) is 18.3. The molecule has 0 aromatic heterocycles. The van der Waals surface area contributed by atoms with Gasteiger partial charge in [-0.1, -0.05) is 23.3 Å². The van der Waals surface area contributed by atoms with Gasteiger partial charge in [-0.2, -0.15) is 0 Å². The predicted molar refractivity (Wildman–Crippen MR) is 222 cm³/mol. The number of carbonyl (C=O) groups is 6. The van der Waals surface area contributed by atoms with Crippen molar-refractivity contribution in [2.24, 2.45) is 59.2 Å². The molecule has 0 aromatic carbocycles. The van der Waals surface area contributed by atoms with Gasteiger partial charge in [0.15, 0.2) is 11.6 Å². The standard InChI is InChI=1S/C43H58Cl4N2O10/c1-3-56-40(52)34-30(32-36(50)28(38(34)58-42(32)54)22-48(17-13-44)18-14-45)26-9-5-24(6-10-26)21-25-7-11-27(12-8-25)31-33-37(51)29(23-49(19-15-46)20-16-47)39(59-43(33)55)35(31)41(53)57-4-2/h5,7,26-35,38-39H,3-4,6,8-23H2,1-2H3/t26-,27+,28+,29-,30+,31-,32-,33-,34+,35+,38+,39+/m1/s1. The van der Waals surface area contributed by atoms with Crippen LogP contribution in [0.1, 0.15) is 58.8 Å². The third-order valence-electron chi connectivity index (χ3n) is 13.7. The highest BCUT2D eigenvalue weighted by atomic mass is 35.5. The van der Waals surface area contributed by atoms with Crippen molar-refractivity contribution < 1.29 is 47.7 Å². The number of fused-ring (bicyclic) bond motifs is 6. The van der Waals surface area contributed by atoms with Gasteiger partial charge in [0, 0.05) is 62.8 Å². The van der Waals surface area contributed by atoms with E-state index in [4.69, 9.17) is 65.4 Å². The number of nitrogens with zero attached hydrogens (tertiary/aromatic N) is 2. The van der Waals surface area contributed by atoms with Crippen LogP contribution in [-0.4, -0.2) is 133 Å². The monoisotopic (exact) mass is 902 g/mol. The highest BCUT2D eigenvalue weighted by Gasteiger charge is 2.65. The van der Waals surface area contributed by atoms with Gasteiger partial charge in [0.25, 0.3) is 0 Å². The third-order valence-corrected chi connectivity index (χ3v) is 14.4. The number of Topliss-reactive ketones (excluding diaryl/α,β-unsaturated/α-hetero) is 2. The molecule has 0 N–H and O–H groups in total. The van der Waals surface area contributed by atoms with Gasteiger partial charge < -0.3 is 28.7 Å². The molecular weight excluding hydrogens is 846 g/mol. The number of rotatable bonds is 20. The summed E-state index contributed by atoms with van der Waals surface area (Å²) in [6, 6.07) is 0. The van der Waals surface area contributed by atoms with Crippen LogP contribution in [0.5, 0.6) is 0 Å². The van der Waals surface area contributed by atoms with Crippen molar-refractivity contribution in [2.45, 2.75) is 71.0 Å². The molecule has 12 atom stereocenters. The number of carbonyl (C=O) groups excluding carboxylic acids is 6.